The number of carbonyl (C=O) groups excluding carboxylic acids is 3. The molecule has 0 spiro atoms. The van der Waals surface area contributed by atoms with Gasteiger partial charge in [0.2, 0.25) is 5.60 Å². The minimum Gasteiger partial charge on any atom is -0.504 e. The molecule has 7 rings (SSSR count). The number of rotatable bonds is 13. The molecule has 0 unspecified atom stereocenters. The molecule has 9 N–H and O–H groups in total. The quantitative estimate of drug-likeness (QED) is 0.0349. The SMILES string of the molecule is C[C@@H]1S[C@@H]2[C@H](NC(=O)/C(=N\OC(C)(C)C(=O)O)c3csc(N)n3)C(=O)N2C(C(=O)O)=C1C[N+]12CCC(CNC(=O)/C(=N\O)c3cc(O)c(O)c(F)c3)(CC1)CC2. The molecule has 56 heavy (non-hydrogen) atoms. The fraction of sp³-hybridized carbons (Fsp3) is 0.471. The Kier molecular flexibility index (Phi) is 10.7. The number of thioether (sulfide) groups is 1. The Labute approximate surface area is 326 Å². The second kappa shape index (κ2) is 14.9. The van der Waals surface area contributed by atoms with Crippen LogP contribution in [0.15, 0.2) is 39.1 Å². The van der Waals surface area contributed by atoms with Gasteiger partial charge in [-0.05, 0) is 32.9 Å². The summed E-state index contributed by atoms with van der Waals surface area (Å²) >= 11 is 2.33. The first-order valence-electron chi connectivity index (χ1n) is 17.3. The Balaban J connectivity index is 1.12. The number of nitrogens with one attached hydrogen (secondary N) is 2. The van der Waals surface area contributed by atoms with Gasteiger partial charge in [-0.25, -0.2) is 19.0 Å². The first-order valence-corrected chi connectivity index (χ1v) is 19.2. The second-order valence-corrected chi connectivity index (χ2v) is 17.2. The molecule has 300 valence electrons. The van der Waals surface area contributed by atoms with E-state index in [-0.39, 0.29) is 39.3 Å². The summed E-state index contributed by atoms with van der Waals surface area (Å²) in [7, 11) is 0. The number of quaternary nitrogens is 1. The first kappa shape index (κ1) is 40.2. The van der Waals surface area contributed by atoms with Crippen LogP contribution < -0.4 is 16.4 Å². The Bertz CT molecular complexity index is 2060. The topological polar surface area (TPSA) is 287 Å². The zero-order chi connectivity index (χ0) is 40.9. The molecule has 6 heterocycles. The van der Waals surface area contributed by atoms with Crippen molar-refractivity contribution in [3.05, 3.63) is 45.9 Å². The summed E-state index contributed by atoms with van der Waals surface area (Å²) in [4.78, 5) is 74.9. The molecule has 0 aliphatic carbocycles. The van der Waals surface area contributed by atoms with Crippen LogP contribution in [0, 0.1) is 11.2 Å². The molecule has 1 aromatic heterocycles. The number of hydrogen-bond acceptors (Lipinski definition) is 15. The van der Waals surface area contributed by atoms with E-state index in [1.807, 2.05) is 6.92 Å². The summed E-state index contributed by atoms with van der Waals surface area (Å²) in [6.07, 6.45) is 2.02. The highest BCUT2D eigenvalue weighted by atomic mass is 32.2. The molecule has 0 saturated carbocycles. The van der Waals surface area contributed by atoms with Crippen LogP contribution in [0.5, 0.6) is 11.5 Å². The number of carbonyl (C=O) groups is 5. The number of aromatic hydroxyl groups is 2. The van der Waals surface area contributed by atoms with Crippen molar-refractivity contribution in [1.29, 1.82) is 0 Å². The molecular weight excluding hydrogens is 780 g/mol. The van der Waals surface area contributed by atoms with Crippen molar-refractivity contribution in [3.8, 4) is 11.5 Å². The fourth-order valence-electron chi connectivity index (χ4n) is 7.37. The number of phenolic OH excluding ortho intramolecular Hbond substituents is 2. The normalized spacial score (nSPS) is 26.3. The van der Waals surface area contributed by atoms with E-state index in [4.69, 9.17) is 10.6 Å². The third kappa shape index (κ3) is 7.42. The number of fused-ring (bicyclic) bond motifs is 4. The Hall–Kier alpha value is -5.48. The summed E-state index contributed by atoms with van der Waals surface area (Å²) in [5.74, 6) is -8.00. The first-order chi connectivity index (χ1) is 26.3. The number of carboxylic acid groups (broad SMARTS) is 2. The van der Waals surface area contributed by atoms with Gasteiger partial charge in [-0.3, -0.25) is 19.3 Å². The molecule has 3 amide bonds. The summed E-state index contributed by atoms with van der Waals surface area (Å²) in [5, 5.41) is 61.1. The Morgan fingerprint density at radius 1 is 1.12 bits per heavy atom. The van der Waals surface area contributed by atoms with Crippen molar-refractivity contribution < 1.29 is 63.3 Å². The lowest BCUT2D eigenvalue weighted by Gasteiger charge is -2.56. The summed E-state index contributed by atoms with van der Waals surface area (Å²) in [6.45, 7) is 6.85. The number of nitrogens with zero attached hydrogens (tertiary/aromatic N) is 5. The van der Waals surface area contributed by atoms with Crippen LogP contribution in [0.25, 0.3) is 0 Å². The standard InChI is InChI=1S/C34H39FN8O11S2/c1-15-17(12-43-7-4-34(5-8-43,6-9-43)14-37-26(46)21(40-53)16-10-18(35)25(45)20(44)11-16)24(30(49)50)42-28(48)23(29(42)56-15)39-27(47)22(19-13-55-32(36)38-19)41-54-33(2,3)31(51)52/h10-11,13,15,23,29H,4-9,12,14H2,1-3H3,(H8-,36,37,38,39,40,41,44,45,46,47,49,50,51,52,53)/p+1/t15-,23+,29+,34?,43?/m0/s1. The molecular formula is C34H40FN8O11S2+. The zero-order valence-electron chi connectivity index (χ0n) is 30.3. The van der Waals surface area contributed by atoms with Gasteiger partial charge in [0.25, 0.3) is 17.7 Å². The van der Waals surface area contributed by atoms with E-state index in [0.717, 1.165) is 23.5 Å². The molecule has 5 aliphatic heterocycles. The molecule has 22 heteroatoms. The van der Waals surface area contributed by atoms with Crippen LogP contribution in [0.1, 0.15) is 51.3 Å². The number of carboxylic acids is 2. The number of amides is 3. The number of hydrogen-bond donors (Lipinski definition) is 8. The van der Waals surface area contributed by atoms with Crippen LogP contribution in [0.2, 0.25) is 0 Å². The lowest BCUT2D eigenvalue weighted by atomic mass is 9.70. The summed E-state index contributed by atoms with van der Waals surface area (Å²) in [5.41, 5.74) is 2.87. The van der Waals surface area contributed by atoms with Gasteiger partial charge < -0.3 is 51.3 Å². The van der Waals surface area contributed by atoms with E-state index in [1.54, 1.807) is 0 Å². The highest BCUT2D eigenvalue weighted by Crippen LogP contribution is 2.48. The van der Waals surface area contributed by atoms with Crippen molar-refractivity contribution >= 4 is 69.3 Å². The van der Waals surface area contributed by atoms with Gasteiger partial charge in [-0.15, -0.1) is 23.1 Å². The zero-order valence-corrected chi connectivity index (χ0v) is 31.9. The number of halogens is 1. The molecule has 1 aromatic carbocycles. The largest absolute Gasteiger partial charge is 0.504 e. The number of aromatic nitrogens is 1. The lowest BCUT2D eigenvalue weighted by Crippen LogP contribution is -2.72. The maximum absolute atomic E-state index is 14.0. The van der Waals surface area contributed by atoms with Crippen LogP contribution >= 0.6 is 23.1 Å². The minimum atomic E-state index is -1.81. The second-order valence-electron chi connectivity index (χ2n) is 14.8. The number of oxime groups is 2. The maximum atomic E-state index is 14.0. The number of phenols is 2. The van der Waals surface area contributed by atoms with Crippen molar-refractivity contribution in [3.63, 3.8) is 0 Å². The molecule has 0 radical (unpaired) electrons. The Morgan fingerprint density at radius 2 is 1.79 bits per heavy atom. The van der Waals surface area contributed by atoms with Crippen molar-refractivity contribution in [2.24, 2.45) is 15.7 Å². The average Bonchev–Trinajstić information content (AvgIpc) is 3.58. The van der Waals surface area contributed by atoms with Crippen molar-refractivity contribution in [1.82, 2.24) is 20.5 Å². The highest BCUT2D eigenvalue weighted by Gasteiger charge is 2.58. The number of anilines is 1. The van der Waals surface area contributed by atoms with Crippen molar-refractivity contribution in [2.75, 3.05) is 38.5 Å². The molecule has 5 aliphatic rings. The number of thiazole rings is 1. The highest BCUT2D eigenvalue weighted by molar-refractivity contribution is 8.00. The van der Waals surface area contributed by atoms with Gasteiger partial charge >= 0.3 is 11.9 Å². The van der Waals surface area contributed by atoms with Crippen molar-refractivity contribution in [2.45, 2.75) is 62.3 Å². The fourth-order valence-corrected chi connectivity index (χ4v) is 9.36. The van der Waals surface area contributed by atoms with Crippen LogP contribution in [-0.4, -0.2) is 136 Å². The summed E-state index contributed by atoms with van der Waals surface area (Å²) < 4.78 is 14.6. The number of piperidine rings is 3. The smallest absolute Gasteiger partial charge is 0.352 e. The molecule has 2 aromatic rings. The number of β-lactam (4-membered cyclic amide) rings is 1. The monoisotopic (exact) mass is 819 g/mol. The minimum absolute atomic E-state index is 0.00746. The van der Waals surface area contributed by atoms with E-state index >= 15 is 0 Å². The number of aliphatic carboxylic acids is 2. The third-order valence-electron chi connectivity index (χ3n) is 10.9. The van der Waals surface area contributed by atoms with Crippen LogP contribution in [0.3, 0.4) is 0 Å². The predicted octanol–water partition coefficient (Wildman–Crippen LogP) is 0.982. The van der Waals surface area contributed by atoms with Crippen LogP contribution in [-0.2, 0) is 28.8 Å². The number of benzene rings is 1. The molecule has 3 atom stereocenters. The van der Waals surface area contributed by atoms with Gasteiger partial charge in [0.1, 0.15) is 29.4 Å². The van der Waals surface area contributed by atoms with Gasteiger partial charge in [-0.1, -0.05) is 10.3 Å². The molecule has 2 bridgehead atoms. The lowest BCUT2D eigenvalue weighted by molar-refractivity contribution is -0.941. The molecule has 4 saturated heterocycles. The molecule has 19 nitrogen and oxygen atoms in total. The van der Waals surface area contributed by atoms with E-state index in [9.17, 15) is 54.0 Å². The average molecular weight is 820 g/mol. The van der Waals surface area contributed by atoms with E-state index < -0.39 is 75.4 Å². The van der Waals surface area contributed by atoms with Gasteiger partial charge in [0.15, 0.2) is 33.9 Å². The Morgan fingerprint density at radius 3 is 2.34 bits per heavy atom. The molecule has 4 fully saturated rings. The van der Waals surface area contributed by atoms with Gasteiger partial charge in [-0.2, -0.15) is 0 Å². The van der Waals surface area contributed by atoms with E-state index in [2.05, 4.69) is 25.9 Å². The van der Waals surface area contributed by atoms with Gasteiger partial charge in [0.05, 0.1) is 19.6 Å². The third-order valence-corrected chi connectivity index (χ3v) is 13.0. The summed E-state index contributed by atoms with van der Waals surface area (Å²) in [6, 6.07) is 0.535. The number of nitrogens with two attached hydrogens (primary N) is 1. The van der Waals surface area contributed by atoms with E-state index in [1.165, 1.54) is 35.9 Å². The van der Waals surface area contributed by atoms with Gasteiger partial charge in [0, 0.05) is 53.0 Å². The van der Waals surface area contributed by atoms with E-state index in [0.29, 0.717) is 55.5 Å². The predicted molar refractivity (Wildman–Crippen MR) is 197 cm³/mol. The maximum Gasteiger partial charge on any atom is 0.352 e. The van der Waals surface area contributed by atoms with Crippen LogP contribution in [0.4, 0.5) is 9.52 Å². The number of nitrogen functional groups attached to an aromatic ring is 1.